The van der Waals surface area contributed by atoms with Crippen LogP contribution < -0.4 is 5.32 Å². The molecule has 0 saturated heterocycles. The normalized spacial score (nSPS) is 11.1. The first-order chi connectivity index (χ1) is 8.66. The molecular weight excluding hydrogens is 290 g/mol. The molecule has 0 aliphatic rings. The van der Waals surface area contributed by atoms with Gasteiger partial charge in [0.1, 0.15) is 0 Å². The molecule has 0 spiro atoms. The molecule has 1 aromatic heterocycles. The highest BCUT2D eigenvalue weighted by Crippen LogP contribution is 2.20. The lowest BCUT2D eigenvalue weighted by atomic mass is 10.1. The minimum Gasteiger partial charge on any atom is -0.312 e. The van der Waals surface area contributed by atoms with Crippen LogP contribution in [0, 0.1) is 5.92 Å². The summed E-state index contributed by atoms with van der Waals surface area (Å²) < 4.78 is 3.14. The maximum absolute atomic E-state index is 4.10. The zero-order valence-corrected chi connectivity index (χ0v) is 12.3. The summed E-state index contributed by atoms with van der Waals surface area (Å²) in [5.41, 5.74) is 2.44. The smallest absolute Gasteiger partial charge is 0.0991 e. The number of hydrogen-bond donors (Lipinski definition) is 1. The van der Waals surface area contributed by atoms with Gasteiger partial charge >= 0.3 is 0 Å². The Bertz CT molecular complexity index is 492. The van der Waals surface area contributed by atoms with Crippen LogP contribution in [0.1, 0.15) is 19.4 Å². The van der Waals surface area contributed by atoms with E-state index in [1.165, 1.54) is 11.3 Å². The summed E-state index contributed by atoms with van der Waals surface area (Å²) in [7, 11) is 0. The predicted molar refractivity (Wildman–Crippen MR) is 77.8 cm³/mol. The van der Waals surface area contributed by atoms with Gasteiger partial charge in [0.15, 0.2) is 0 Å². The van der Waals surface area contributed by atoms with Crippen LogP contribution in [-0.4, -0.2) is 16.1 Å². The number of nitrogens with zero attached hydrogens (tertiary/aromatic N) is 2. The first kappa shape index (κ1) is 13.3. The lowest BCUT2D eigenvalue weighted by Gasteiger charge is -2.13. The van der Waals surface area contributed by atoms with Crippen molar-refractivity contribution in [2.75, 3.05) is 6.54 Å². The summed E-state index contributed by atoms with van der Waals surface area (Å²) in [5, 5.41) is 3.48. The van der Waals surface area contributed by atoms with Crippen molar-refractivity contribution < 1.29 is 0 Å². The van der Waals surface area contributed by atoms with Crippen LogP contribution in [0.4, 0.5) is 0 Å². The molecule has 3 nitrogen and oxygen atoms in total. The molecule has 4 heteroatoms. The quantitative estimate of drug-likeness (QED) is 0.917. The summed E-state index contributed by atoms with van der Waals surface area (Å²) >= 11 is 3.53. The van der Waals surface area contributed by atoms with Crippen molar-refractivity contribution in [1.29, 1.82) is 0 Å². The van der Waals surface area contributed by atoms with E-state index in [-0.39, 0.29) is 0 Å². The van der Waals surface area contributed by atoms with E-state index in [2.05, 4.69) is 58.3 Å². The van der Waals surface area contributed by atoms with Crippen molar-refractivity contribution in [2.24, 2.45) is 5.92 Å². The fraction of sp³-hybridized carbons (Fsp3) is 0.357. The van der Waals surface area contributed by atoms with Gasteiger partial charge in [-0.1, -0.05) is 29.8 Å². The minimum absolute atomic E-state index is 0.661. The van der Waals surface area contributed by atoms with Crippen LogP contribution in [0.5, 0.6) is 0 Å². The van der Waals surface area contributed by atoms with Gasteiger partial charge < -0.3 is 9.88 Å². The minimum atomic E-state index is 0.661. The summed E-state index contributed by atoms with van der Waals surface area (Å²) in [5.74, 6) is 0.661. The third kappa shape index (κ3) is 3.43. The van der Waals surface area contributed by atoms with Gasteiger partial charge in [-0.25, -0.2) is 4.98 Å². The van der Waals surface area contributed by atoms with E-state index in [0.717, 1.165) is 17.6 Å². The number of halogens is 1. The van der Waals surface area contributed by atoms with Crippen LogP contribution >= 0.6 is 15.9 Å². The van der Waals surface area contributed by atoms with E-state index >= 15 is 0 Å². The number of imidazole rings is 1. The average molecular weight is 308 g/mol. The molecule has 0 fully saturated rings. The van der Waals surface area contributed by atoms with Crippen LogP contribution in [0.15, 0.2) is 41.4 Å². The van der Waals surface area contributed by atoms with Gasteiger partial charge in [-0.05, 0) is 36.2 Å². The van der Waals surface area contributed by atoms with Crippen LogP contribution in [0.3, 0.4) is 0 Å². The fourth-order valence-corrected chi connectivity index (χ4v) is 2.25. The molecule has 0 aliphatic heterocycles. The van der Waals surface area contributed by atoms with Crippen molar-refractivity contribution in [2.45, 2.75) is 20.4 Å². The Morgan fingerprint density at radius 3 is 2.89 bits per heavy atom. The molecule has 18 heavy (non-hydrogen) atoms. The van der Waals surface area contributed by atoms with Crippen molar-refractivity contribution >= 4 is 15.9 Å². The number of hydrogen-bond acceptors (Lipinski definition) is 2. The Morgan fingerprint density at radius 2 is 2.22 bits per heavy atom. The summed E-state index contributed by atoms with van der Waals surface area (Å²) in [6, 6.07) is 6.32. The molecule has 0 atom stereocenters. The Morgan fingerprint density at radius 1 is 1.39 bits per heavy atom. The summed E-state index contributed by atoms with van der Waals surface area (Å²) in [6.45, 7) is 6.32. The largest absolute Gasteiger partial charge is 0.312 e. The third-order valence-corrected chi connectivity index (χ3v) is 3.19. The predicted octanol–water partition coefficient (Wildman–Crippen LogP) is 3.38. The van der Waals surface area contributed by atoms with E-state index in [1.54, 1.807) is 6.20 Å². The molecule has 0 bridgehead atoms. The maximum Gasteiger partial charge on any atom is 0.0991 e. The van der Waals surface area contributed by atoms with E-state index in [1.807, 2.05) is 17.1 Å². The first-order valence-electron chi connectivity index (χ1n) is 6.14. The first-order valence-corrected chi connectivity index (χ1v) is 6.93. The van der Waals surface area contributed by atoms with E-state index in [0.29, 0.717) is 5.92 Å². The molecule has 1 N–H and O–H groups in total. The van der Waals surface area contributed by atoms with Gasteiger partial charge in [-0.3, -0.25) is 0 Å². The molecule has 1 aromatic carbocycles. The number of nitrogens with one attached hydrogen (secondary N) is 1. The Labute approximate surface area is 116 Å². The Kier molecular flexibility index (Phi) is 4.55. The molecule has 2 aromatic rings. The topological polar surface area (TPSA) is 29.9 Å². The highest BCUT2D eigenvalue weighted by Gasteiger charge is 2.05. The highest BCUT2D eigenvalue weighted by molar-refractivity contribution is 9.10. The summed E-state index contributed by atoms with van der Waals surface area (Å²) in [6.07, 6.45) is 5.59. The number of aromatic nitrogens is 2. The second-order valence-corrected chi connectivity index (χ2v) is 5.68. The van der Waals surface area contributed by atoms with Gasteiger partial charge in [-0.15, -0.1) is 0 Å². The number of rotatable bonds is 5. The average Bonchev–Trinajstić information content (AvgIpc) is 2.82. The molecule has 0 amide bonds. The van der Waals surface area contributed by atoms with E-state index in [4.69, 9.17) is 0 Å². The molecule has 0 aliphatic carbocycles. The Balaban J connectivity index is 2.19. The molecule has 1 heterocycles. The molecule has 96 valence electrons. The molecule has 0 saturated carbocycles. The van der Waals surface area contributed by atoms with Crippen LogP contribution in [0.25, 0.3) is 5.69 Å². The standard InChI is InChI=1S/C14H18BrN3/c1-11(2)8-17-9-12-7-13(15)3-4-14(12)18-6-5-16-10-18/h3-7,10-11,17H,8-9H2,1-2H3. The van der Waals surface area contributed by atoms with Crippen molar-refractivity contribution in [3.8, 4) is 5.69 Å². The van der Waals surface area contributed by atoms with Gasteiger partial charge in [0.25, 0.3) is 0 Å². The fourth-order valence-electron chi connectivity index (χ4n) is 1.84. The molecule has 0 radical (unpaired) electrons. The summed E-state index contributed by atoms with van der Waals surface area (Å²) in [4.78, 5) is 4.10. The molecule has 0 unspecified atom stereocenters. The van der Waals surface area contributed by atoms with Crippen LogP contribution in [0.2, 0.25) is 0 Å². The maximum atomic E-state index is 4.10. The lowest BCUT2D eigenvalue weighted by Crippen LogP contribution is -2.19. The SMILES string of the molecule is CC(C)CNCc1cc(Br)ccc1-n1ccnc1. The third-order valence-electron chi connectivity index (χ3n) is 2.69. The van der Waals surface area contributed by atoms with E-state index < -0.39 is 0 Å². The Hall–Kier alpha value is -1.13. The van der Waals surface area contributed by atoms with Crippen molar-refractivity contribution in [3.05, 3.63) is 47.0 Å². The number of benzene rings is 1. The lowest BCUT2D eigenvalue weighted by molar-refractivity contribution is 0.551. The zero-order valence-electron chi connectivity index (χ0n) is 10.7. The van der Waals surface area contributed by atoms with Gasteiger partial charge in [0, 0.05) is 23.4 Å². The van der Waals surface area contributed by atoms with E-state index in [9.17, 15) is 0 Å². The van der Waals surface area contributed by atoms with Gasteiger partial charge in [0.2, 0.25) is 0 Å². The monoisotopic (exact) mass is 307 g/mol. The van der Waals surface area contributed by atoms with Gasteiger partial charge in [0.05, 0.1) is 12.0 Å². The van der Waals surface area contributed by atoms with Crippen molar-refractivity contribution in [3.63, 3.8) is 0 Å². The second kappa shape index (κ2) is 6.16. The molecular formula is C14H18BrN3. The van der Waals surface area contributed by atoms with Crippen molar-refractivity contribution in [1.82, 2.24) is 14.9 Å². The highest BCUT2D eigenvalue weighted by atomic mass is 79.9. The zero-order chi connectivity index (χ0) is 13.0. The second-order valence-electron chi connectivity index (χ2n) is 4.77. The molecule has 2 rings (SSSR count). The van der Waals surface area contributed by atoms with Crippen LogP contribution in [-0.2, 0) is 6.54 Å². The van der Waals surface area contributed by atoms with Gasteiger partial charge in [-0.2, -0.15) is 0 Å².